The maximum atomic E-state index is 14.0. The van der Waals surface area contributed by atoms with Gasteiger partial charge in [-0.1, -0.05) is 19.3 Å². The summed E-state index contributed by atoms with van der Waals surface area (Å²) in [6.45, 7) is 6.51. The molecule has 0 radical (unpaired) electrons. The number of likely N-dealkylation sites (tertiary alicyclic amines) is 1. The van der Waals surface area contributed by atoms with Crippen LogP contribution in [-0.4, -0.2) is 54.2 Å². The van der Waals surface area contributed by atoms with Crippen LogP contribution in [0, 0.1) is 17.7 Å². The van der Waals surface area contributed by atoms with Gasteiger partial charge in [-0.05, 0) is 70.6 Å². The zero-order valence-corrected chi connectivity index (χ0v) is 23.2. The van der Waals surface area contributed by atoms with Gasteiger partial charge in [-0.25, -0.2) is 12.8 Å². The molecule has 2 fully saturated rings. The van der Waals surface area contributed by atoms with E-state index in [4.69, 9.17) is 4.74 Å². The van der Waals surface area contributed by atoms with Gasteiger partial charge in [0.15, 0.2) is 9.84 Å². The number of benzene rings is 1. The standard InChI is InChI=1S/C28H39FN2O5S/c1-28(2,3)36-26(32)16-22(19-9-6-5-7-10-19)27(33)31-14-8-11-21(31)17-30-18-25(37(4,34)35)23-15-20(29)12-13-24(23)30/h12-13,15,18-19,21-22H,5-11,14,16-17H2,1-4H3/t21-,22-/m0/s1. The summed E-state index contributed by atoms with van der Waals surface area (Å²) in [4.78, 5) is 28.7. The lowest BCUT2D eigenvalue weighted by atomic mass is 9.77. The largest absolute Gasteiger partial charge is 0.460 e. The van der Waals surface area contributed by atoms with Gasteiger partial charge in [0.25, 0.3) is 0 Å². The van der Waals surface area contributed by atoms with Crippen LogP contribution in [0.3, 0.4) is 0 Å². The van der Waals surface area contributed by atoms with Gasteiger partial charge in [-0.15, -0.1) is 0 Å². The zero-order chi connectivity index (χ0) is 27.0. The van der Waals surface area contributed by atoms with Gasteiger partial charge in [0.1, 0.15) is 11.4 Å². The van der Waals surface area contributed by atoms with Gasteiger partial charge < -0.3 is 14.2 Å². The highest BCUT2D eigenvalue weighted by molar-refractivity contribution is 7.91. The SMILES string of the molecule is CC(C)(C)OC(=O)C[C@H](C(=O)N1CCC[C@H]1Cn1cc(S(C)(=O)=O)c2cc(F)ccc21)C1CCCCC1. The van der Waals surface area contributed by atoms with Crippen molar-refractivity contribution in [3.8, 4) is 0 Å². The Kier molecular flexibility index (Phi) is 8.02. The second-order valence-electron chi connectivity index (χ2n) is 11.7. The number of aromatic nitrogens is 1. The molecule has 1 saturated heterocycles. The van der Waals surface area contributed by atoms with Crippen molar-refractivity contribution in [1.29, 1.82) is 0 Å². The molecule has 0 N–H and O–H groups in total. The number of fused-ring (bicyclic) bond motifs is 1. The number of nitrogens with zero attached hydrogens (tertiary/aromatic N) is 2. The summed E-state index contributed by atoms with van der Waals surface area (Å²) in [6.07, 6.45) is 9.52. The smallest absolute Gasteiger partial charge is 0.307 e. The lowest BCUT2D eigenvalue weighted by molar-refractivity contribution is -0.160. The van der Waals surface area contributed by atoms with Crippen LogP contribution < -0.4 is 0 Å². The summed E-state index contributed by atoms with van der Waals surface area (Å²) in [5, 5.41) is 0.350. The Morgan fingerprint density at radius 2 is 1.81 bits per heavy atom. The molecule has 0 bridgehead atoms. The fourth-order valence-electron chi connectivity index (χ4n) is 5.99. The Labute approximate surface area is 219 Å². The minimum atomic E-state index is -3.56. The Morgan fingerprint density at radius 1 is 1.11 bits per heavy atom. The number of hydrogen-bond acceptors (Lipinski definition) is 5. The molecule has 1 aromatic carbocycles. The molecule has 2 atom stereocenters. The van der Waals surface area contributed by atoms with Crippen molar-refractivity contribution in [2.45, 2.75) is 95.2 Å². The first-order valence-corrected chi connectivity index (χ1v) is 15.2. The van der Waals surface area contributed by atoms with Crippen LogP contribution in [0.2, 0.25) is 0 Å². The van der Waals surface area contributed by atoms with Gasteiger partial charge in [-0.2, -0.15) is 0 Å². The van der Waals surface area contributed by atoms with Crippen LogP contribution in [0.1, 0.15) is 72.1 Å². The highest BCUT2D eigenvalue weighted by atomic mass is 32.2. The molecule has 4 rings (SSSR count). The van der Waals surface area contributed by atoms with Crippen molar-refractivity contribution >= 4 is 32.6 Å². The number of esters is 1. The molecule has 7 nitrogen and oxygen atoms in total. The van der Waals surface area contributed by atoms with E-state index in [0.717, 1.165) is 51.2 Å². The van der Waals surface area contributed by atoms with Crippen molar-refractivity contribution in [3.63, 3.8) is 0 Å². The average molecular weight is 535 g/mol. The van der Waals surface area contributed by atoms with E-state index in [1.165, 1.54) is 12.1 Å². The van der Waals surface area contributed by atoms with E-state index in [-0.39, 0.29) is 35.2 Å². The Bertz CT molecular complexity index is 1260. The van der Waals surface area contributed by atoms with Gasteiger partial charge in [-0.3, -0.25) is 9.59 Å². The minimum absolute atomic E-state index is 0.00824. The van der Waals surface area contributed by atoms with E-state index in [2.05, 4.69) is 0 Å². The Balaban J connectivity index is 1.59. The highest BCUT2D eigenvalue weighted by Crippen LogP contribution is 2.36. The van der Waals surface area contributed by atoms with Crippen molar-refractivity contribution < 1.29 is 27.1 Å². The van der Waals surface area contributed by atoms with Crippen molar-refractivity contribution in [2.75, 3.05) is 12.8 Å². The quantitative estimate of drug-likeness (QED) is 0.461. The summed E-state index contributed by atoms with van der Waals surface area (Å²) in [5.74, 6) is -1.11. The number of carbonyl (C=O) groups excluding carboxylic acids is 2. The topological polar surface area (TPSA) is 85.7 Å². The highest BCUT2D eigenvalue weighted by Gasteiger charge is 2.39. The molecular formula is C28H39FN2O5S. The normalized spacial score (nSPS) is 20.4. The van der Waals surface area contributed by atoms with Gasteiger partial charge in [0.05, 0.1) is 17.2 Å². The van der Waals surface area contributed by atoms with E-state index >= 15 is 0 Å². The number of rotatable bonds is 7. The maximum Gasteiger partial charge on any atom is 0.307 e. The van der Waals surface area contributed by atoms with Crippen molar-refractivity contribution in [3.05, 3.63) is 30.2 Å². The van der Waals surface area contributed by atoms with Crippen molar-refractivity contribution in [1.82, 2.24) is 9.47 Å². The molecule has 1 saturated carbocycles. The fraction of sp³-hybridized carbons (Fsp3) is 0.643. The van der Waals surface area contributed by atoms with Gasteiger partial charge in [0.2, 0.25) is 5.91 Å². The lowest BCUT2D eigenvalue weighted by Gasteiger charge is -2.35. The summed E-state index contributed by atoms with van der Waals surface area (Å²) in [5.41, 5.74) is 0.0124. The number of hydrogen-bond donors (Lipinski definition) is 0. The first kappa shape index (κ1) is 27.6. The molecular weight excluding hydrogens is 495 g/mol. The molecule has 2 aliphatic rings. The molecule has 2 heterocycles. The third-order valence-corrected chi connectivity index (χ3v) is 8.74. The van der Waals surface area contributed by atoms with E-state index in [1.807, 2.05) is 30.2 Å². The molecule has 37 heavy (non-hydrogen) atoms. The lowest BCUT2D eigenvalue weighted by Crippen LogP contribution is -2.45. The minimum Gasteiger partial charge on any atom is -0.460 e. The van der Waals surface area contributed by atoms with Gasteiger partial charge >= 0.3 is 5.97 Å². The first-order chi connectivity index (χ1) is 17.3. The first-order valence-electron chi connectivity index (χ1n) is 13.3. The Hall–Kier alpha value is -2.42. The van der Waals surface area contributed by atoms with Crippen LogP contribution >= 0.6 is 0 Å². The molecule has 1 aliphatic heterocycles. The molecule has 0 unspecified atom stereocenters. The van der Waals surface area contributed by atoms with Crippen LogP contribution in [0.25, 0.3) is 10.9 Å². The second-order valence-corrected chi connectivity index (χ2v) is 13.7. The molecule has 1 aliphatic carbocycles. The summed E-state index contributed by atoms with van der Waals surface area (Å²) in [6, 6.07) is 4.03. The fourth-order valence-corrected chi connectivity index (χ4v) is 6.88. The number of halogens is 1. The van der Waals surface area contributed by atoms with Crippen LogP contribution in [-0.2, 0) is 30.7 Å². The Morgan fingerprint density at radius 3 is 2.46 bits per heavy atom. The van der Waals surface area contributed by atoms with Gasteiger partial charge in [0, 0.05) is 42.5 Å². The third-order valence-electron chi connectivity index (χ3n) is 7.62. The van der Waals surface area contributed by atoms with E-state index < -0.39 is 27.2 Å². The summed E-state index contributed by atoms with van der Waals surface area (Å²) in [7, 11) is -3.56. The predicted molar refractivity (Wildman–Crippen MR) is 140 cm³/mol. The van der Waals surface area contributed by atoms with E-state index in [0.29, 0.717) is 24.0 Å². The molecule has 2 aromatic rings. The van der Waals surface area contributed by atoms with Crippen molar-refractivity contribution in [2.24, 2.45) is 11.8 Å². The third kappa shape index (κ3) is 6.54. The van der Waals surface area contributed by atoms with Crippen LogP contribution in [0.15, 0.2) is 29.3 Å². The molecule has 1 amide bonds. The number of carbonyl (C=O) groups is 2. The molecule has 204 valence electrons. The van der Waals surface area contributed by atoms with Crippen LogP contribution in [0.5, 0.6) is 0 Å². The zero-order valence-electron chi connectivity index (χ0n) is 22.3. The maximum absolute atomic E-state index is 14.0. The monoisotopic (exact) mass is 534 g/mol. The number of sulfone groups is 1. The molecule has 9 heteroatoms. The van der Waals surface area contributed by atoms with E-state index in [9.17, 15) is 22.4 Å². The summed E-state index contributed by atoms with van der Waals surface area (Å²) >= 11 is 0. The average Bonchev–Trinajstić information content (AvgIpc) is 3.41. The number of amides is 1. The molecule has 0 spiro atoms. The number of ether oxygens (including phenoxy) is 1. The van der Waals surface area contributed by atoms with E-state index in [1.54, 1.807) is 12.3 Å². The summed E-state index contributed by atoms with van der Waals surface area (Å²) < 4.78 is 46.2. The second kappa shape index (κ2) is 10.8. The van der Waals surface area contributed by atoms with Crippen LogP contribution in [0.4, 0.5) is 4.39 Å². The predicted octanol–water partition coefficient (Wildman–Crippen LogP) is 5.10. The molecule has 1 aromatic heterocycles.